The van der Waals surface area contributed by atoms with Gasteiger partial charge in [0.2, 0.25) is 0 Å². The number of esters is 2. The van der Waals surface area contributed by atoms with Crippen molar-refractivity contribution in [2.24, 2.45) is 0 Å². The fourth-order valence-electron chi connectivity index (χ4n) is 2.90. The highest BCUT2D eigenvalue weighted by atomic mass is 16.5. The van der Waals surface area contributed by atoms with Gasteiger partial charge in [-0.2, -0.15) is 0 Å². The number of ether oxygens (including phenoxy) is 2. The molecule has 29 heavy (non-hydrogen) atoms. The lowest BCUT2D eigenvalue weighted by Crippen LogP contribution is -2.15. The molecule has 1 aromatic heterocycles. The van der Waals surface area contributed by atoms with Crippen LogP contribution >= 0.6 is 0 Å². The normalized spacial score (nSPS) is 10.3. The predicted octanol–water partition coefficient (Wildman–Crippen LogP) is 3.61. The van der Waals surface area contributed by atoms with Gasteiger partial charge in [-0.05, 0) is 55.0 Å². The summed E-state index contributed by atoms with van der Waals surface area (Å²) >= 11 is 0. The van der Waals surface area contributed by atoms with Crippen molar-refractivity contribution in [2.75, 3.05) is 19.5 Å². The standard InChI is InChI=1S/C22H20N2O5/c1-14-6-7-15(13-19(14)24-8-4-5-9-24)20(25)23-18-11-16(21(26)28-2)10-17(12-18)22(27)29-3/h4-13H,1-3H3,(H,23,25). The number of aromatic nitrogens is 1. The maximum Gasteiger partial charge on any atom is 0.337 e. The molecule has 0 saturated heterocycles. The van der Waals surface area contributed by atoms with Crippen LogP contribution < -0.4 is 5.32 Å². The minimum atomic E-state index is -0.628. The van der Waals surface area contributed by atoms with Crippen molar-refractivity contribution < 1.29 is 23.9 Å². The van der Waals surface area contributed by atoms with E-state index in [1.54, 1.807) is 12.1 Å². The van der Waals surface area contributed by atoms with Crippen LogP contribution in [0.3, 0.4) is 0 Å². The highest BCUT2D eigenvalue weighted by molar-refractivity contribution is 6.06. The summed E-state index contributed by atoms with van der Waals surface area (Å²) in [6.07, 6.45) is 3.79. The predicted molar refractivity (Wildman–Crippen MR) is 108 cm³/mol. The Morgan fingerprint density at radius 2 is 1.41 bits per heavy atom. The summed E-state index contributed by atoms with van der Waals surface area (Å²) in [4.78, 5) is 36.6. The summed E-state index contributed by atoms with van der Waals surface area (Å²) in [6.45, 7) is 1.96. The van der Waals surface area contributed by atoms with E-state index < -0.39 is 11.9 Å². The summed E-state index contributed by atoms with van der Waals surface area (Å²) in [7, 11) is 2.47. The zero-order chi connectivity index (χ0) is 21.0. The van der Waals surface area contributed by atoms with Crippen LogP contribution in [0.2, 0.25) is 0 Å². The van der Waals surface area contributed by atoms with Crippen LogP contribution in [0.5, 0.6) is 0 Å². The van der Waals surface area contributed by atoms with Crippen LogP contribution in [0, 0.1) is 6.92 Å². The van der Waals surface area contributed by atoms with Crippen molar-refractivity contribution in [2.45, 2.75) is 6.92 Å². The van der Waals surface area contributed by atoms with E-state index in [4.69, 9.17) is 9.47 Å². The Hall–Kier alpha value is -3.87. The number of hydrogen-bond donors (Lipinski definition) is 1. The molecular weight excluding hydrogens is 372 g/mol. The third kappa shape index (κ3) is 4.35. The lowest BCUT2D eigenvalue weighted by atomic mass is 10.1. The monoisotopic (exact) mass is 392 g/mol. The second kappa shape index (κ2) is 8.43. The van der Waals surface area contributed by atoms with Crippen molar-refractivity contribution in [3.63, 3.8) is 0 Å². The Morgan fingerprint density at radius 3 is 1.97 bits per heavy atom. The Kier molecular flexibility index (Phi) is 5.78. The molecule has 0 aliphatic heterocycles. The van der Waals surface area contributed by atoms with E-state index in [0.29, 0.717) is 5.56 Å². The molecule has 0 saturated carbocycles. The van der Waals surface area contributed by atoms with Gasteiger partial charge in [-0.25, -0.2) is 9.59 Å². The number of methoxy groups -OCH3 is 2. The quantitative estimate of drug-likeness (QED) is 0.671. The summed E-state index contributed by atoms with van der Waals surface area (Å²) in [5.41, 5.74) is 2.86. The number of carbonyl (C=O) groups excluding carboxylic acids is 3. The molecule has 1 heterocycles. The van der Waals surface area contributed by atoms with Gasteiger partial charge in [0.1, 0.15) is 0 Å². The van der Waals surface area contributed by atoms with E-state index >= 15 is 0 Å². The molecule has 2 aromatic carbocycles. The minimum absolute atomic E-state index is 0.127. The van der Waals surface area contributed by atoms with E-state index in [1.807, 2.05) is 42.1 Å². The summed E-state index contributed by atoms with van der Waals surface area (Å²) in [5.74, 6) is -1.63. The van der Waals surface area contributed by atoms with Crippen molar-refractivity contribution in [1.82, 2.24) is 4.57 Å². The summed E-state index contributed by atoms with van der Waals surface area (Å²) in [5, 5.41) is 2.73. The number of hydrogen-bond acceptors (Lipinski definition) is 5. The van der Waals surface area contributed by atoms with Crippen LogP contribution in [-0.2, 0) is 9.47 Å². The van der Waals surface area contributed by atoms with Crippen molar-refractivity contribution >= 4 is 23.5 Å². The van der Waals surface area contributed by atoms with Crippen LogP contribution in [-0.4, -0.2) is 36.6 Å². The SMILES string of the molecule is COC(=O)c1cc(NC(=O)c2ccc(C)c(-n3cccc3)c2)cc(C(=O)OC)c1. The molecule has 7 nitrogen and oxygen atoms in total. The first-order valence-corrected chi connectivity index (χ1v) is 8.80. The Morgan fingerprint density at radius 1 is 0.828 bits per heavy atom. The van der Waals surface area contributed by atoms with Crippen LogP contribution in [0.25, 0.3) is 5.69 Å². The van der Waals surface area contributed by atoms with Gasteiger partial charge in [0.25, 0.3) is 5.91 Å². The molecule has 7 heteroatoms. The molecule has 1 amide bonds. The lowest BCUT2D eigenvalue weighted by molar-refractivity contribution is 0.0599. The van der Waals surface area contributed by atoms with Crippen molar-refractivity contribution in [1.29, 1.82) is 0 Å². The molecule has 0 atom stereocenters. The number of aryl methyl sites for hydroxylation is 1. The first-order valence-electron chi connectivity index (χ1n) is 8.80. The largest absolute Gasteiger partial charge is 0.465 e. The van der Waals surface area contributed by atoms with Crippen molar-refractivity contribution in [3.8, 4) is 5.69 Å². The molecule has 0 spiro atoms. The third-order valence-electron chi connectivity index (χ3n) is 4.39. The molecule has 0 fully saturated rings. The van der Waals surface area contributed by atoms with E-state index in [9.17, 15) is 14.4 Å². The minimum Gasteiger partial charge on any atom is -0.465 e. The van der Waals surface area contributed by atoms with Gasteiger partial charge in [-0.3, -0.25) is 4.79 Å². The van der Waals surface area contributed by atoms with E-state index in [-0.39, 0.29) is 22.7 Å². The molecule has 0 bridgehead atoms. The van der Waals surface area contributed by atoms with Gasteiger partial charge in [0.05, 0.1) is 25.3 Å². The van der Waals surface area contributed by atoms with Crippen LogP contribution in [0.4, 0.5) is 5.69 Å². The van der Waals surface area contributed by atoms with Gasteiger partial charge >= 0.3 is 11.9 Å². The van der Waals surface area contributed by atoms with Gasteiger partial charge in [-0.1, -0.05) is 6.07 Å². The molecule has 148 valence electrons. The first-order chi connectivity index (χ1) is 13.9. The number of benzene rings is 2. The molecule has 0 aliphatic carbocycles. The number of nitrogens with one attached hydrogen (secondary N) is 1. The number of carbonyl (C=O) groups is 3. The summed E-state index contributed by atoms with van der Waals surface area (Å²) in [6, 6.07) is 13.4. The molecule has 3 rings (SSSR count). The number of amides is 1. The second-order valence-electron chi connectivity index (χ2n) is 6.33. The second-order valence-corrected chi connectivity index (χ2v) is 6.33. The fraction of sp³-hybridized carbons (Fsp3) is 0.136. The molecule has 0 unspecified atom stereocenters. The highest BCUT2D eigenvalue weighted by Crippen LogP contribution is 2.20. The van der Waals surface area contributed by atoms with E-state index in [2.05, 4.69) is 5.32 Å². The van der Waals surface area contributed by atoms with E-state index in [0.717, 1.165) is 11.3 Å². The van der Waals surface area contributed by atoms with Gasteiger partial charge in [0, 0.05) is 29.3 Å². The first kappa shape index (κ1) is 19.9. The summed E-state index contributed by atoms with van der Waals surface area (Å²) < 4.78 is 11.3. The van der Waals surface area contributed by atoms with E-state index in [1.165, 1.54) is 32.4 Å². The van der Waals surface area contributed by atoms with Crippen LogP contribution in [0.1, 0.15) is 36.6 Å². The Balaban J connectivity index is 1.93. The zero-order valence-electron chi connectivity index (χ0n) is 16.3. The Labute approximate surface area is 167 Å². The molecule has 1 N–H and O–H groups in total. The lowest BCUT2D eigenvalue weighted by Gasteiger charge is -2.12. The smallest absolute Gasteiger partial charge is 0.337 e. The highest BCUT2D eigenvalue weighted by Gasteiger charge is 2.16. The van der Waals surface area contributed by atoms with Gasteiger partial charge in [0.15, 0.2) is 0 Å². The average molecular weight is 392 g/mol. The fourth-order valence-corrected chi connectivity index (χ4v) is 2.90. The molecule has 0 radical (unpaired) electrons. The number of nitrogens with zero attached hydrogens (tertiary/aromatic N) is 1. The maximum atomic E-state index is 12.8. The van der Waals surface area contributed by atoms with Gasteiger partial charge in [-0.15, -0.1) is 0 Å². The molecular formula is C22H20N2O5. The number of anilines is 1. The third-order valence-corrected chi connectivity index (χ3v) is 4.39. The van der Waals surface area contributed by atoms with Gasteiger partial charge < -0.3 is 19.4 Å². The Bertz CT molecular complexity index is 1040. The topological polar surface area (TPSA) is 86.6 Å². The van der Waals surface area contributed by atoms with Crippen LogP contribution in [0.15, 0.2) is 60.9 Å². The van der Waals surface area contributed by atoms with Crippen molar-refractivity contribution in [3.05, 3.63) is 83.2 Å². The molecule has 3 aromatic rings. The molecule has 0 aliphatic rings. The number of rotatable bonds is 5. The average Bonchev–Trinajstić information content (AvgIpc) is 3.27. The maximum absolute atomic E-state index is 12.8. The zero-order valence-corrected chi connectivity index (χ0v) is 16.3.